The summed E-state index contributed by atoms with van der Waals surface area (Å²) in [6.45, 7) is 4.06. The molecule has 2 rings (SSSR count). The predicted molar refractivity (Wildman–Crippen MR) is 87.8 cm³/mol. The van der Waals surface area contributed by atoms with Gasteiger partial charge in [0.1, 0.15) is 0 Å². The highest BCUT2D eigenvalue weighted by molar-refractivity contribution is 7.80. The first-order valence-electron chi connectivity index (χ1n) is 6.02. The summed E-state index contributed by atoms with van der Waals surface area (Å²) in [4.78, 5) is 0. The van der Waals surface area contributed by atoms with Crippen molar-refractivity contribution in [1.29, 1.82) is 0 Å². The molecule has 0 fully saturated rings. The Labute approximate surface area is 128 Å². The van der Waals surface area contributed by atoms with Crippen molar-refractivity contribution < 1.29 is 0 Å². The summed E-state index contributed by atoms with van der Waals surface area (Å²) in [6, 6.07) is 9.77. The molecule has 2 aromatic rings. The van der Waals surface area contributed by atoms with Crippen LogP contribution in [0.25, 0.3) is 5.69 Å². The van der Waals surface area contributed by atoms with Crippen LogP contribution in [0.1, 0.15) is 17.0 Å². The number of hydrogen-bond donors (Lipinski definition) is 2. The molecule has 0 aliphatic rings. The van der Waals surface area contributed by atoms with Crippen molar-refractivity contribution in [2.24, 2.45) is 10.8 Å². The number of rotatable bonds is 3. The van der Waals surface area contributed by atoms with E-state index < -0.39 is 0 Å². The van der Waals surface area contributed by atoms with Crippen molar-refractivity contribution in [3.63, 3.8) is 0 Å². The Balaban J connectivity index is 2.39. The largest absolute Gasteiger partial charge is 0.375 e. The number of thiocarbonyl (C=S) groups is 1. The number of benzene rings is 1. The van der Waals surface area contributed by atoms with Crippen molar-refractivity contribution in [2.75, 3.05) is 0 Å². The summed E-state index contributed by atoms with van der Waals surface area (Å²) in [5.41, 5.74) is 12.1. The van der Waals surface area contributed by atoms with Gasteiger partial charge in [0.05, 0.1) is 6.21 Å². The number of aromatic nitrogens is 1. The molecule has 0 amide bonds. The minimum atomic E-state index is 0.143. The van der Waals surface area contributed by atoms with E-state index in [0.717, 1.165) is 22.6 Å². The smallest absolute Gasteiger partial charge is 0.184 e. The van der Waals surface area contributed by atoms with E-state index in [-0.39, 0.29) is 5.11 Å². The van der Waals surface area contributed by atoms with Crippen molar-refractivity contribution >= 4 is 35.1 Å². The third-order valence-corrected chi connectivity index (χ3v) is 3.24. The number of halogens is 1. The van der Waals surface area contributed by atoms with Gasteiger partial charge in [0.15, 0.2) is 5.11 Å². The Hall–Kier alpha value is -1.85. The topological polar surface area (TPSA) is 55.3 Å². The highest BCUT2D eigenvalue weighted by Crippen LogP contribution is 2.22. The van der Waals surface area contributed by atoms with E-state index in [1.165, 1.54) is 0 Å². The molecule has 0 unspecified atom stereocenters. The maximum absolute atomic E-state index is 6.05. The molecule has 4 nitrogen and oxygen atoms in total. The Morgan fingerprint density at radius 3 is 2.80 bits per heavy atom. The SMILES string of the molecule is Cc1cc(/C=N/NC(N)=S)c(C)n1-c1cccc(Cl)c1. The molecule has 1 aromatic carbocycles. The molecule has 3 N–H and O–H groups in total. The predicted octanol–water partition coefficient (Wildman–Crippen LogP) is 2.91. The van der Waals surface area contributed by atoms with Gasteiger partial charge in [0.25, 0.3) is 0 Å². The van der Waals surface area contributed by atoms with Crippen LogP contribution in [0.5, 0.6) is 0 Å². The van der Waals surface area contributed by atoms with Gasteiger partial charge in [-0.05, 0) is 50.3 Å². The average molecular weight is 307 g/mol. The Bertz CT molecular complexity index is 676. The lowest BCUT2D eigenvalue weighted by Gasteiger charge is -2.09. The summed E-state index contributed by atoms with van der Waals surface area (Å²) in [5.74, 6) is 0. The van der Waals surface area contributed by atoms with E-state index in [1.54, 1.807) is 6.21 Å². The van der Waals surface area contributed by atoms with E-state index >= 15 is 0 Å². The second kappa shape index (κ2) is 6.07. The summed E-state index contributed by atoms with van der Waals surface area (Å²) >= 11 is 10.7. The van der Waals surface area contributed by atoms with E-state index in [9.17, 15) is 0 Å². The van der Waals surface area contributed by atoms with Gasteiger partial charge in [-0.3, -0.25) is 5.43 Å². The minimum Gasteiger partial charge on any atom is -0.375 e. The standard InChI is InChI=1S/C14H15ClN4S/c1-9-6-11(8-17-18-14(16)20)10(2)19(9)13-5-3-4-12(15)7-13/h3-8H,1-2H3,(H3,16,18,20)/b17-8+. The van der Waals surface area contributed by atoms with Crippen LogP contribution < -0.4 is 11.2 Å². The molecular formula is C14H15ClN4S. The third kappa shape index (κ3) is 3.18. The van der Waals surface area contributed by atoms with Gasteiger partial charge in [0.2, 0.25) is 0 Å². The second-order valence-electron chi connectivity index (χ2n) is 4.38. The summed E-state index contributed by atoms with van der Waals surface area (Å²) < 4.78 is 2.12. The van der Waals surface area contributed by atoms with E-state index in [1.807, 2.05) is 44.2 Å². The number of hydrazone groups is 1. The Kier molecular flexibility index (Phi) is 4.42. The van der Waals surface area contributed by atoms with Crippen LogP contribution in [0.4, 0.5) is 0 Å². The quantitative estimate of drug-likeness (QED) is 0.521. The molecule has 0 radical (unpaired) electrons. The highest BCUT2D eigenvalue weighted by Gasteiger charge is 2.09. The van der Waals surface area contributed by atoms with Crippen LogP contribution in [0, 0.1) is 13.8 Å². The second-order valence-corrected chi connectivity index (χ2v) is 5.25. The normalized spacial score (nSPS) is 10.9. The first kappa shape index (κ1) is 14.6. The third-order valence-electron chi connectivity index (χ3n) is 2.92. The van der Waals surface area contributed by atoms with Crippen molar-refractivity contribution in [3.05, 3.63) is 52.3 Å². The fourth-order valence-electron chi connectivity index (χ4n) is 2.10. The molecule has 0 saturated carbocycles. The van der Waals surface area contributed by atoms with Crippen LogP contribution in [-0.2, 0) is 0 Å². The van der Waals surface area contributed by atoms with Gasteiger partial charge in [-0.2, -0.15) is 5.10 Å². The van der Waals surface area contributed by atoms with E-state index in [2.05, 4.69) is 15.1 Å². The molecule has 0 aliphatic carbocycles. The van der Waals surface area contributed by atoms with E-state index in [0.29, 0.717) is 5.02 Å². The fourth-order valence-corrected chi connectivity index (χ4v) is 2.33. The molecule has 0 atom stereocenters. The molecular weight excluding hydrogens is 292 g/mol. The zero-order chi connectivity index (χ0) is 14.7. The minimum absolute atomic E-state index is 0.143. The molecule has 0 bridgehead atoms. The molecule has 0 saturated heterocycles. The maximum Gasteiger partial charge on any atom is 0.184 e. The lowest BCUT2D eigenvalue weighted by molar-refractivity contribution is 0.964. The number of nitrogens with zero attached hydrogens (tertiary/aromatic N) is 2. The summed E-state index contributed by atoms with van der Waals surface area (Å²) in [6.07, 6.45) is 1.70. The van der Waals surface area contributed by atoms with Crippen LogP contribution in [0.15, 0.2) is 35.4 Å². The molecule has 104 valence electrons. The number of aryl methyl sites for hydroxylation is 1. The van der Waals surface area contributed by atoms with Gasteiger partial charge in [-0.15, -0.1) is 0 Å². The molecule has 0 aliphatic heterocycles. The van der Waals surface area contributed by atoms with Crippen molar-refractivity contribution in [1.82, 2.24) is 9.99 Å². The van der Waals surface area contributed by atoms with Gasteiger partial charge < -0.3 is 10.3 Å². The molecule has 20 heavy (non-hydrogen) atoms. The fraction of sp³-hybridized carbons (Fsp3) is 0.143. The lowest BCUT2D eigenvalue weighted by Crippen LogP contribution is -2.24. The van der Waals surface area contributed by atoms with Crippen molar-refractivity contribution in [2.45, 2.75) is 13.8 Å². The highest BCUT2D eigenvalue weighted by atomic mass is 35.5. The van der Waals surface area contributed by atoms with E-state index in [4.69, 9.17) is 29.6 Å². The lowest BCUT2D eigenvalue weighted by atomic mass is 10.2. The zero-order valence-corrected chi connectivity index (χ0v) is 12.8. The maximum atomic E-state index is 6.05. The van der Waals surface area contributed by atoms with Gasteiger partial charge in [-0.25, -0.2) is 0 Å². The first-order valence-corrected chi connectivity index (χ1v) is 6.81. The van der Waals surface area contributed by atoms with Crippen LogP contribution in [0.3, 0.4) is 0 Å². The van der Waals surface area contributed by atoms with Crippen LogP contribution in [0.2, 0.25) is 5.02 Å². The van der Waals surface area contributed by atoms with Crippen molar-refractivity contribution in [3.8, 4) is 5.69 Å². The molecule has 6 heteroatoms. The molecule has 1 aromatic heterocycles. The number of nitrogens with two attached hydrogens (primary N) is 1. The molecule has 1 heterocycles. The Morgan fingerprint density at radius 2 is 2.15 bits per heavy atom. The van der Waals surface area contributed by atoms with Gasteiger partial charge >= 0.3 is 0 Å². The average Bonchev–Trinajstić information content (AvgIpc) is 2.64. The van der Waals surface area contributed by atoms with Crippen LogP contribution in [-0.4, -0.2) is 15.9 Å². The molecule has 0 spiro atoms. The summed E-state index contributed by atoms with van der Waals surface area (Å²) in [7, 11) is 0. The van der Waals surface area contributed by atoms with Gasteiger partial charge in [0, 0.05) is 27.7 Å². The number of hydrogen-bond acceptors (Lipinski definition) is 2. The monoisotopic (exact) mass is 306 g/mol. The number of nitrogens with one attached hydrogen (secondary N) is 1. The first-order chi connectivity index (χ1) is 9.49. The Morgan fingerprint density at radius 1 is 1.40 bits per heavy atom. The van der Waals surface area contributed by atoms with Crippen LogP contribution >= 0.6 is 23.8 Å². The van der Waals surface area contributed by atoms with Gasteiger partial charge in [-0.1, -0.05) is 17.7 Å². The summed E-state index contributed by atoms with van der Waals surface area (Å²) in [5, 5.41) is 4.84. The zero-order valence-electron chi connectivity index (χ0n) is 11.2.